The molecule has 0 aromatic heterocycles. The first-order valence-corrected chi connectivity index (χ1v) is 6.30. The average molecular weight is 306 g/mol. The minimum atomic E-state index is -4.95. The van der Waals surface area contributed by atoms with E-state index < -0.39 is 12.4 Å². The van der Waals surface area contributed by atoms with Gasteiger partial charge in [-0.15, -0.1) is 5.46 Å². The van der Waals surface area contributed by atoms with E-state index >= 15 is 0 Å². The molecule has 0 fully saturated rings. The van der Waals surface area contributed by atoms with Gasteiger partial charge >= 0.3 is 58.4 Å². The van der Waals surface area contributed by atoms with Crippen molar-refractivity contribution in [3.8, 4) is 5.75 Å². The fourth-order valence-electron chi connectivity index (χ4n) is 1.83. The molecular formula is C14H15BF3KO. The number of hydrogen-bond acceptors (Lipinski definition) is 1. The van der Waals surface area contributed by atoms with Gasteiger partial charge in [-0.05, 0) is 36.2 Å². The monoisotopic (exact) mass is 306 g/mol. The summed E-state index contributed by atoms with van der Waals surface area (Å²) < 4.78 is 43.6. The second-order valence-electron chi connectivity index (χ2n) is 4.68. The molecule has 0 N–H and O–H groups in total. The predicted molar refractivity (Wildman–Crippen MR) is 73.0 cm³/mol. The molecule has 1 nitrogen and oxygen atoms in total. The van der Waals surface area contributed by atoms with E-state index in [1.165, 1.54) is 12.1 Å². The summed E-state index contributed by atoms with van der Waals surface area (Å²) in [5.74, 6) is 0.687. The third-order valence-corrected chi connectivity index (χ3v) is 3.13. The molecule has 0 aliphatic rings. The van der Waals surface area contributed by atoms with Crippen LogP contribution >= 0.6 is 0 Å². The second-order valence-corrected chi connectivity index (χ2v) is 4.68. The zero-order chi connectivity index (χ0) is 14.0. The summed E-state index contributed by atoms with van der Waals surface area (Å²) in [6.07, 6.45) is 0.975. The van der Waals surface area contributed by atoms with Crippen LogP contribution in [0, 0.1) is 0 Å². The van der Waals surface area contributed by atoms with Crippen LogP contribution in [0.3, 0.4) is 0 Å². The summed E-state index contributed by atoms with van der Waals surface area (Å²) in [4.78, 5) is 0. The van der Waals surface area contributed by atoms with Crippen molar-refractivity contribution in [2.24, 2.45) is 0 Å². The Morgan fingerprint density at radius 2 is 1.65 bits per heavy atom. The molecule has 0 radical (unpaired) electrons. The van der Waals surface area contributed by atoms with Crippen molar-refractivity contribution in [2.45, 2.75) is 26.4 Å². The summed E-state index contributed by atoms with van der Waals surface area (Å²) >= 11 is 0. The minimum absolute atomic E-state index is 0. The van der Waals surface area contributed by atoms with E-state index in [2.05, 4.69) is 0 Å². The SMILES string of the molecule is CCC(C)Oc1ccc2cc([B-](F)(F)F)ccc2c1.[K+]. The molecule has 2 aromatic carbocycles. The first-order valence-electron chi connectivity index (χ1n) is 6.30. The van der Waals surface area contributed by atoms with Gasteiger partial charge in [0.2, 0.25) is 0 Å². The Bertz CT molecular complexity index is 586. The van der Waals surface area contributed by atoms with Crippen LogP contribution in [0.25, 0.3) is 10.8 Å². The van der Waals surface area contributed by atoms with Gasteiger partial charge in [0.25, 0.3) is 0 Å². The van der Waals surface area contributed by atoms with Crippen LogP contribution in [0.5, 0.6) is 5.75 Å². The molecule has 0 bridgehead atoms. The van der Waals surface area contributed by atoms with Gasteiger partial charge in [0, 0.05) is 0 Å². The minimum Gasteiger partial charge on any atom is -0.491 e. The van der Waals surface area contributed by atoms with Crippen LogP contribution in [0.15, 0.2) is 36.4 Å². The summed E-state index contributed by atoms with van der Waals surface area (Å²) in [6, 6.07) is 8.94. The standard InChI is InChI=1S/C14H15BF3O.K/c1-3-10(2)19-14-7-5-11-8-13(15(16,17)18)6-4-12(11)9-14;/h4-10H,3H2,1-2H3;/q-1;+1. The topological polar surface area (TPSA) is 9.23 Å². The van der Waals surface area contributed by atoms with Crippen LogP contribution in [-0.2, 0) is 0 Å². The predicted octanol–water partition coefficient (Wildman–Crippen LogP) is 1.08. The molecule has 0 amide bonds. The summed E-state index contributed by atoms with van der Waals surface area (Å²) in [5, 5.41) is 1.33. The maximum absolute atomic E-state index is 12.7. The Morgan fingerprint density at radius 1 is 1.05 bits per heavy atom. The van der Waals surface area contributed by atoms with Gasteiger partial charge in [-0.2, -0.15) is 0 Å². The summed E-state index contributed by atoms with van der Waals surface area (Å²) in [7, 11) is 0. The second kappa shape index (κ2) is 7.31. The number of fused-ring (bicyclic) bond motifs is 1. The molecule has 6 heteroatoms. The van der Waals surface area contributed by atoms with Gasteiger partial charge in [-0.1, -0.05) is 31.2 Å². The van der Waals surface area contributed by atoms with E-state index in [-0.39, 0.29) is 57.5 Å². The van der Waals surface area contributed by atoms with Crippen molar-refractivity contribution in [1.82, 2.24) is 0 Å². The third kappa shape index (κ3) is 4.50. The number of hydrogen-bond donors (Lipinski definition) is 0. The molecule has 20 heavy (non-hydrogen) atoms. The Morgan fingerprint density at radius 3 is 2.25 bits per heavy atom. The quantitative estimate of drug-likeness (QED) is 0.768. The molecule has 2 rings (SSSR count). The van der Waals surface area contributed by atoms with Crippen LogP contribution < -0.4 is 61.6 Å². The number of halogens is 3. The van der Waals surface area contributed by atoms with Crippen LogP contribution in [-0.4, -0.2) is 13.1 Å². The molecule has 0 aliphatic carbocycles. The first kappa shape index (κ1) is 18.0. The van der Waals surface area contributed by atoms with E-state index in [0.717, 1.165) is 17.9 Å². The van der Waals surface area contributed by atoms with Gasteiger partial charge in [0.05, 0.1) is 6.10 Å². The molecular weight excluding hydrogens is 291 g/mol. The van der Waals surface area contributed by atoms with Crippen LogP contribution in [0.4, 0.5) is 12.9 Å². The maximum atomic E-state index is 12.7. The van der Waals surface area contributed by atoms with Gasteiger partial charge in [0.15, 0.2) is 0 Å². The molecule has 0 aliphatic heterocycles. The largest absolute Gasteiger partial charge is 1.00 e. The van der Waals surface area contributed by atoms with E-state index in [1.807, 2.05) is 13.8 Å². The molecule has 102 valence electrons. The normalized spacial score (nSPS) is 12.8. The molecule has 0 saturated heterocycles. The van der Waals surface area contributed by atoms with E-state index in [9.17, 15) is 12.9 Å². The summed E-state index contributed by atoms with van der Waals surface area (Å²) in [6.45, 7) is -0.970. The van der Waals surface area contributed by atoms with Gasteiger partial charge in [0.1, 0.15) is 5.75 Å². The van der Waals surface area contributed by atoms with E-state index in [4.69, 9.17) is 4.74 Å². The van der Waals surface area contributed by atoms with E-state index in [1.54, 1.807) is 18.2 Å². The molecule has 0 heterocycles. The van der Waals surface area contributed by atoms with Gasteiger partial charge in [-0.3, -0.25) is 0 Å². The molecule has 1 atom stereocenters. The number of ether oxygens (including phenoxy) is 1. The number of benzene rings is 2. The fraction of sp³-hybridized carbons (Fsp3) is 0.286. The number of rotatable bonds is 4. The first-order chi connectivity index (χ1) is 8.90. The van der Waals surface area contributed by atoms with Crippen molar-refractivity contribution < 1.29 is 69.1 Å². The Kier molecular flexibility index (Phi) is 6.60. The van der Waals surface area contributed by atoms with Crippen LogP contribution in [0.2, 0.25) is 0 Å². The Balaban J connectivity index is 0.00000200. The smallest absolute Gasteiger partial charge is 0.491 e. The Hall–Kier alpha value is -0.00870. The fourth-order valence-corrected chi connectivity index (χ4v) is 1.83. The van der Waals surface area contributed by atoms with Crippen LogP contribution in [0.1, 0.15) is 20.3 Å². The zero-order valence-corrected chi connectivity index (χ0v) is 15.0. The Labute approximate surface area is 159 Å². The molecule has 1 unspecified atom stereocenters. The molecule has 0 spiro atoms. The third-order valence-electron chi connectivity index (χ3n) is 3.13. The summed E-state index contributed by atoms with van der Waals surface area (Å²) in [5.41, 5.74) is -0.567. The van der Waals surface area contributed by atoms with Gasteiger partial charge < -0.3 is 17.7 Å². The molecule has 0 saturated carbocycles. The van der Waals surface area contributed by atoms with Crippen molar-refractivity contribution in [1.29, 1.82) is 0 Å². The van der Waals surface area contributed by atoms with Crippen molar-refractivity contribution in [2.75, 3.05) is 0 Å². The van der Waals surface area contributed by atoms with Crippen molar-refractivity contribution in [3.63, 3.8) is 0 Å². The van der Waals surface area contributed by atoms with Crippen molar-refractivity contribution >= 4 is 23.2 Å². The van der Waals surface area contributed by atoms with Gasteiger partial charge in [-0.25, -0.2) is 0 Å². The van der Waals surface area contributed by atoms with Crippen molar-refractivity contribution in [3.05, 3.63) is 36.4 Å². The zero-order valence-electron chi connectivity index (χ0n) is 11.9. The molecule has 2 aromatic rings. The van der Waals surface area contributed by atoms with E-state index in [0.29, 0.717) is 11.1 Å². The average Bonchev–Trinajstić information content (AvgIpc) is 2.36. The maximum Gasteiger partial charge on any atom is 1.00 e.